The van der Waals surface area contributed by atoms with Gasteiger partial charge in [0.1, 0.15) is 6.54 Å². The highest BCUT2D eigenvalue weighted by Gasteiger charge is 2.25. The van der Waals surface area contributed by atoms with E-state index in [2.05, 4.69) is 31.7 Å². The molecule has 1 aromatic carbocycles. The first kappa shape index (κ1) is 19.0. The lowest BCUT2D eigenvalue weighted by Crippen LogP contribution is -2.54. The summed E-state index contributed by atoms with van der Waals surface area (Å²) >= 11 is 3.43. The van der Waals surface area contributed by atoms with E-state index in [0.29, 0.717) is 18.4 Å². The van der Waals surface area contributed by atoms with Gasteiger partial charge in [0, 0.05) is 16.4 Å². The minimum absolute atomic E-state index is 0.103. The molecule has 0 saturated carbocycles. The molecule has 0 aliphatic carbocycles. The normalized spacial score (nSPS) is 20.5. The van der Waals surface area contributed by atoms with E-state index in [-0.39, 0.29) is 30.0 Å². The molecule has 3 N–H and O–H groups in total. The Bertz CT molecular complexity index is 881. The summed E-state index contributed by atoms with van der Waals surface area (Å²) in [6, 6.07) is 5.09. The maximum Gasteiger partial charge on any atom is 0.275 e. The van der Waals surface area contributed by atoms with Crippen LogP contribution in [0, 0.1) is 0 Å². The predicted octanol–water partition coefficient (Wildman–Crippen LogP) is 1.12. The molecule has 8 heteroatoms. The monoisotopic (exact) mass is 422 g/mol. The first-order chi connectivity index (χ1) is 12.4. The number of fused-ring (bicyclic) bond motifs is 1. The molecule has 1 aliphatic rings. The number of aromatic nitrogens is 2. The highest BCUT2D eigenvalue weighted by molar-refractivity contribution is 9.10. The minimum atomic E-state index is -0.579. The Morgan fingerprint density at radius 3 is 2.92 bits per heavy atom. The summed E-state index contributed by atoms with van der Waals surface area (Å²) < 4.78 is 2.09. The Morgan fingerprint density at radius 2 is 2.23 bits per heavy atom. The number of amides is 1. The first-order valence-electron chi connectivity index (χ1n) is 8.75. The molecule has 1 saturated heterocycles. The van der Waals surface area contributed by atoms with Gasteiger partial charge in [0.15, 0.2) is 0 Å². The number of aliphatic hydroxyl groups excluding tert-OH is 1. The summed E-state index contributed by atoms with van der Waals surface area (Å²) in [6.45, 7) is 5.07. The number of hydrogen-bond acceptors (Lipinski definition) is 5. The summed E-state index contributed by atoms with van der Waals surface area (Å²) in [4.78, 5) is 25.1. The molecule has 0 spiro atoms. The fourth-order valence-corrected chi connectivity index (χ4v) is 3.56. The number of benzene rings is 1. The molecule has 1 fully saturated rings. The number of halogens is 1. The molecule has 7 nitrogen and oxygen atoms in total. The van der Waals surface area contributed by atoms with Crippen LogP contribution in [-0.2, 0) is 11.3 Å². The maximum absolute atomic E-state index is 12.8. The molecule has 0 unspecified atom stereocenters. The molecule has 2 atom stereocenters. The molecular formula is C18H23BrN4O3. The van der Waals surface area contributed by atoms with Crippen LogP contribution in [0.25, 0.3) is 10.8 Å². The summed E-state index contributed by atoms with van der Waals surface area (Å²) in [7, 11) is 0. The second-order valence-corrected chi connectivity index (χ2v) is 7.84. The van der Waals surface area contributed by atoms with E-state index in [4.69, 9.17) is 0 Å². The Labute approximate surface area is 159 Å². The molecule has 1 aromatic heterocycles. The number of nitrogens with zero attached hydrogens (tertiary/aromatic N) is 2. The number of carbonyl (C=O) groups excluding carboxylic acids is 1. The van der Waals surface area contributed by atoms with E-state index in [0.717, 1.165) is 22.1 Å². The number of aliphatic hydroxyl groups is 1. The van der Waals surface area contributed by atoms with Crippen molar-refractivity contribution >= 4 is 32.6 Å². The Hall–Kier alpha value is -1.77. The van der Waals surface area contributed by atoms with Crippen molar-refractivity contribution in [1.29, 1.82) is 0 Å². The van der Waals surface area contributed by atoms with Crippen molar-refractivity contribution in [2.45, 2.75) is 44.9 Å². The largest absolute Gasteiger partial charge is 0.391 e. The summed E-state index contributed by atoms with van der Waals surface area (Å²) in [5, 5.41) is 21.7. The van der Waals surface area contributed by atoms with Crippen molar-refractivity contribution in [2.24, 2.45) is 0 Å². The molecular weight excluding hydrogens is 400 g/mol. The van der Waals surface area contributed by atoms with E-state index >= 15 is 0 Å². The summed E-state index contributed by atoms with van der Waals surface area (Å²) in [5.74, 6) is -0.232. The van der Waals surface area contributed by atoms with Crippen LogP contribution in [0.3, 0.4) is 0 Å². The van der Waals surface area contributed by atoms with Crippen molar-refractivity contribution in [3.63, 3.8) is 0 Å². The molecule has 1 amide bonds. The maximum atomic E-state index is 12.8. The van der Waals surface area contributed by atoms with Gasteiger partial charge >= 0.3 is 0 Å². The molecule has 26 heavy (non-hydrogen) atoms. The molecule has 140 valence electrons. The second kappa shape index (κ2) is 7.85. The topological polar surface area (TPSA) is 96.2 Å². The third-order valence-corrected chi connectivity index (χ3v) is 5.08. The molecule has 2 aromatic rings. The van der Waals surface area contributed by atoms with Crippen LogP contribution in [-0.4, -0.2) is 46.0 Å². The SMILES string of the molecule is CC(C)c1nn(CC(=O)N[C@H]2CNCC[C@H]2O)c(=O)c2ccc(Br)cc12. The van der Waals surface area contributed by atoms with Crippen molar-refractivity contribution in [3.05, 3.63) is 38.7 Å². The summed E-state index contributed by atoms with van der Waals surface area (Å²) in [5.41, 5.74) is 0.474. The van der Waals surface area contributed by atoms with E-state index < -0.39 is 6.10 Å². The Balaban J connectivity index is 1.90. The van der Waals surface area contributed by atoms with Crippen LogP contribution in [0.15, 0.2) is 27.5 Å². The van der Waals surface area contributed by atoms with Crippen molar-refractivity contribution in [1.82, 2.24) is 20.4 Å². The standard InChI is InChI=1S/C18H23BrN4O3/c1-10(2)17-13-7-11(19)3-4-12(13)18(26)23(22-17)9-16(25)21-14-8-20-6-5-15(14)24/h3-4,7,10,14-15,20,24H,5-6,8-9H2,1-2H3,(H,21,25)/t14-,15+/m0/s1. The van der Waals surface area contributed by atoms with E-state index in [1.165, 1.54) is 4.68 Å². The van der Waals surface area contributed by atoms with E-state index in [1.54, 1.807) is 6.07 Å². The molecule has 0 bridgehead atoms. The van der Waals surface area contributed by atoms with Crippen LogP contribution in [0.5, 0.6) is 0 Å². The van der Waals surface area contributed by atoms with Gasteiger partial charge in [0.2, 0.25) is 5.91 Å². The average molecular weight is 423 g/mol. The number of carbonyl (C=O) groups is 1. The van der Waals surface area contributed by atoms with Gasteiger partial charge in [-0.3, -0.25) is 9.59 Å². The van der Waals surface area contributed by atoms with Crippen LogP contribution < -0.4 is 16.2 Å². The minimum Gasteiger partial charge on any atom is -0.391 e. The predicted molar refractivity (Wildman–Crippen MR) is 103 cm³/mol. The lowest BCUT2D eigenvalue weighted by molar-refractivity contribution is -0.123. The highest BCUT2D eigenvalue weighted by Crippen LogP contribution is 2.24. The zero-order valence-electron chi connectivity index (χ0n) is 14.8. The Kier molecular flexibility index (Phi) is 5.74. The van der Waals surface area contributed by atoms with Crippen molar-refractivity contribution < 1.29 is 9.90 Å². The van der Waals surface area contributed by atoms with Crippen molar-refractivity contribution in [3.8, 4) is 0 Å². The van der Waals surface area contributed by atoms with Gasteiger partial charge in [0.25, 0.3) is 5.56 Å². The first-order valence-corrected chi connectivity index (χ1v) is 9.54. The third-order valence-electron chi connectivity index (χ3n) is 4.58. The molecule has 3 rings (SSSR count). The van der Waals surface area contributed by atoms with Gasteiger partial charge in [-0.25, -0.2) is 4.68 Å². The van der Waals surface area contributed by atoms with Crippen LogP contribution >= 0.6 is 15.9 Å². The van der Waals surface area contributed by atoms with E-state index in [9.17, 15) is 14.7 Å². The molecule has 0 radical (unpaired) electrons. The smallest absolute Gasteiger partial charge is 0.275 e. The fraction of sp³-hybridized carbons (Fsp3) is 0.500. The van der Waals surface area contributed by atoms with Gasteiger partial charge in [-0.1, -0.05) is 29.8 Å². The number of nitrogens with one attached hydrogen (secondary N) is 2. The van der Waals surface area contributed by atoms with Gasteiger partial charge in [-0.05, 0) is 37.1 Å². The van der Waals surface area contributed by atoms with Gasteiger partial charge < -0.3 is 15.7 Å². The molecule has 2 heterocycles. The third kappa shape index (κ3) is 3.97. The lowest BCUT2D eigenvalue weighted by Gasteiger charge is -2.29. The number of rotatable bonds is 4. The van der Waals surface area contributed by atoms with Crippen molar-refractivity contribution in [2.75, 3.05) is 13.1 Å². The quantitative estimate of drug-likeness (QED) is 0.685. The van der Waals surface area contributed by atoms with Gasteiger partial charge in [0.05, 0.1) is 23.2 Å². The number of hydrogen-bond donors (Lipinski definition) is 3. The fourth-order valence-electron chi connectivity index (χ4n) is 3.20. The van der Waals surface area contributed by atoms with Crippen LogP contribution in [0.1, 0.15) is 31.9 Å². The zero-order valence-corrected chi connectivity index (χ0v) is 16.4. The summed E-state index contributed by atoms with van der Waals surface area (Å²) in [6.07, 6.45) is 0.0101. The van der Waals surface area contributed by atoms with E-state index in [1.807, 2.05) is 26.0 Å². The Morgan fingerprint density at radius 1 is 1.46 bits per heavy atom. The van der Waals surface area contributed by atoms with Crippen LogP contribution in [0.4, 0.5) is 0 Å². The second-order valence-electron chi connectivity index (χ2n) is 6.93. The lowest BCUT2D eigenvalue weighted by atomic mass is 10.0. The highest BCUT2D eigenvalue weighted by atomic mass is 79.9. The average Bonchev–Trinajstić information content (AvgIpc) is 2.59. The van der Waals surface area contributed by atoms with Gasteiger partial charge in [-0.15, -0.1) is 0 Å². The van der Waals surface area contributed by atoms with Crippen LogP contribution in [0.2, 0.25) is 0 Å². The zero-order chi connectivity index (χ0) is 18.8. The molecule has 1 aliphatic heterocycles. The van der Waals surface area contributed by atoms with Gasteiger partial charge in [-0.2, -0.15) is 5.10 Å². The number of piperidine rings is 1.